The molecule has 2 aromatic heterocycles. The van der Waals surface area contributed by atoms with Crippen molar-refractivity contribution >= 4 is 17.7 Å². The largest absolute Gasteiger partial charge is 0.351 e. The topological polar surface area (TPSA) is 87.7 Å². The second-order valence-corrected chi connectivity index (χ2v) is 6.30. The Kier molecular flexibility index (Phi) is 5.32. The zero-order valence-corrected chi connectivity index (χ0v) is 13.5. The second-order valence-electron chi connectivity index (χ2n) is 4.98. The summed E-state index contributed by atoms with van der Waals surface area (Å²) < 4.78 is 0. The van der Waals surface area contributed by atoms with Gasteiger partial charge in [-0.3, -0.25) is 14.6 Å². The molecule has 1 atom stereocenters. The molecule has 116 valence electrons. The first-order valence-corrected chi connectivity index (χ1v) is 7.76. The normalized spacial score (nSPS) is 12.0. The fourth-order valence-corrected chi connectivity index (χ4v) is 2.76. The number of aromatic nitrogens is 3. The molecule has 0 unspecified atom stereocenters. The Morgan fingerprint density at radius 3 is 2.82 bits per heavy atom. The summed E-state index contributed by atoms with van der Waals surface area (Å²) in [6, 6.07) is 5.21. The third kappa shape index (κ3) is 4.70. The molecule has 1 amide bonds. The molecule has 2 rings (SSSR count). The molecular weight excluding hydrogens is 300 g/mol. The number of amides is 1. The molecule has 7 heteroatoms. The maximum atomic E-state index is 12.1. The van der Waals surface area contributed by atoms with E-state index in [2.05, 4.69) is 20.3 Å². The maximum absolute atomic E-state index is 12.1. The fraction of sp³-hybridized carbons (Fsp3) is 0.333. The van der Waals surface area contributed by atoms with Crippen molar-refractivity contribution in [3.05, 3.63) is 51.7 Å². The van der Waals surface area contributed by atoms with Gasteiger partial charge < -0.3 is 10.3 Å². The van der Waals surface area contributed by atoms with E-state index in [-0.39, 0.29) is 16.7 Å². The molecule has 0 aliphatic carbocycles. The number of thioether (sulfide) groups is 1. The van der Waals surface area contributed by atoms with Gasteiger partial charge in [0.15, 0.2) is 5.16 Å². The molecule has 0 radical (unpaired) electrons. The van der Waals surface area contributed by atoms with E-state index in [9.17, 15) is 9.59 Å². The average Bonchev–Trinajstić information content (AvgIpc) is 2.43. The van der Waals surface area contributed by atoms with Crippen LogP contribution in [0.4, 0.5) is 0 Å². The van der Waals surface area contributed by atoms with Gasteiger partial charge in [0.1, 0.15) is 0 Å². The number of H-pyrrole nitrogens is 1. The molecule has 2 aromatic rings. The lowest BCUT2D eigenvalue weighted by Crippen LogP contribution is -2.30. The molecule has 0 bridgehead atoms. The average molecular weight is 318 g/mol. The third-order valence-electron chi connectivity index (χ3n) is 2.93. The lowest BCUT2D eigenvalue weighted by Gasteiger charge is -2.11. The summed E-state index contributed by atoms with van der Waals surface area (Å²) in [5, 5.41) is 2.97. The Morgan fingerprint density at radius 1 is 1.36 bits per heavy atom. The Labute approximate surface area is 132 Å². The molecule has 0 fully saturated rings. The van der Waals surface area contributed by atoms with E-state index >= 15 is 0 Å². The Morgan fingerprint density at radius 2 is 2.14 bits per heavy atom. The zero-order valence-electron chi connectivity index (χ0n) is 12.7. The summed E-state index contributed by atoms with van der Waals surface area (Å²) in [7, 11) is 0. The smallest absolute Gasteiger partial charge is 0.251 e. The first-order valence-electron chi connectivity index (χ1n) is 6.88. The van der Waals surface area contributed by atoms with E-state index in [4.69, 9.17) is 0 Å². The number of pyridine rings is 1. The number of aryl methyl sites for hydroxylation is 2. The number of hydrogen-bond donors (Lipinski definition) is 2. The molecule has 0 saturated carbocycles. The van der Waals surface area contributed by atoms with Crippen LogP contribution in [0.3, 0.4) is 0 Å². The second kappa shape index (κ2) is 7.22. The number of carbonyl (C=O) groups is 1. The van der Waals surface area contributed by atoms with Gasteiger partial charge in [0, 0.05) is 30.2 Å². The monoisotopic (exact) mass is 318 g/mol. The number of carbonyl (C=O) groups excluding carboxylic acids is 1. The third-order valence-corrected chi connectivity index (χ3v) is 3.92. The summed E-state index contributed by atoms with van der Waals surface area (Å²) >= 11 is 1.23. The molecule has 6 nitrogen and oxygen atoms in total. The molecule has 0 aromatic carbocycles. The fourth-order valence-electron chi connectivity index (χ4n) is 1.88. The molecule has 0 aliphatic heterocycles. The first kappa shape index (κ1) is 16.2. The van der Waals surface area contributed by atoms with E-state index in [1.165, 1.54) is 17.8 Å². The quantitative estimate of drug-likeness (QED) is 0.645. The predicted molar refractivity (Wildman–Crippen MR) is 85.7 cm³/mol. The van der Waals surface area contributed by atoms with Crippen molar-refractivity contribution in [2.75, 3.05) is 0 Å². The minimum absolute atomic E-state index is 0.108. The van der Waals surface area contributed by atoms with Crippen LogP contribution in [0, 0.1) is 13.8 Å². The Hall–Kier alpha value is -2.15. The van der Waals surface area contributed by atoms with Crippen LogP contribution in [0.2, 0.25) is 0 Å². The molecule has 0 saturated heterocycles. The molecule has 0 aliphatic rings. The SMILES string of the molecule is Cc1cc(CNC(=O)[C@@H](C)Sc2nc(C)cc(=O)[nH]2)ccn1. The van der Waals surface area contributed by atoms with Crippen molar-refractivity contribution in [3.63, 3.8) is 0 Å². The molecular formula is C15H18N4O2S. The molecule has 22 heavy (non-hydrogen) atoms. The van der Waals surface area contributed by atoms with Crippen molar-refractivity contribution in [2.24, 2.45) is 0 Å². The highest BCUT2D eigenvalue weighted by atomic mass is 32.2. The number of rotatable bonds is 5. The Bertz CT molecular complexity index is 729. The van der Waals surface area contributed by atoms with E-state index in [0.29, 0.717) is 17.4 Å². The Balaban J connectivity index is 1.93. The standard InChI is InChI=1S/C15H18N4O2S/c1-9-6-12(4-5-16-9)8-17-14(21)11(3)22-15-18-10(2)7-13(20)19-15/h4-7,11H,8H2,1-3H3,(H,17,21)(H,18,19,20)/t11-/m1/s1. The van der Waals surface area contributed by atoms with Crippen molar-refractivity contribution in [1.29, 1.82) is 0 Å². The molecule has 2 heterocycles. The summed E-state index contributed by atoms with van der Waals surface area (Å²) in [5.41, 5.74) is 2.33. The van der Waals surface area contributed by atoms with Gasteiger partial charge in [-0.15, -0.1) is 0 Å². The van der Waals surface area contributed by atoms with E-state index in [1.807, 2.05) is 19.1 Å². The van der Waals surface area contributed by atoms with Gasteiger partial charge in [0.25, 0.3) is 5.56 Å². The van der Waals surface area contributed by atoms with Crippen LogP contribution in [0.5, 0.6) is 0 Å². The number of hydrogen-bond acceptors (Lipinski definition) is 5. The van der Waals surface area contributed by atoms with E-state index in [1.54, 1.807) is 20.0 Å². The van der Waals surface area contributed by atoms with Crippen LogP contribution in [0.15, 0.2) is 34.3 Å². The van der Waals surface area contributed by atoms with E-state index < -0.39 is 0 Å². The first-order chi connectivity index (χ1) is 10.4. The lowest BCUT2D eigenvalue weighted by molar-refractivity contribution is -0.120. The molecule has 2 N–H and O–H groups in total. The van der Waals surface area contributed by atoms with Gasteiger partial charge in [0.05, 0.1) is 5.25 Å². The summed E-state index contributed by atoms with van der Waals surface area (Å²) in [6.07, 6.45) is 1.72. The van der Waals surface area contributed by atoms with Gasteiger partial charge in [-0.25, -0.2) is 4.98 Å². The van der Waals surface area contributed by atoms with Crippen LogP contribution in [0.1, 0.15) is 23.9 Å². The highest BCUT2D eigenvalue weighted by molar-refractivity contribution is 8.00. The number of nitrogens with one attached hydrogen (secondary N) is 2. The summed E-state index contributed by atoms with van der Waals surface area (Å²) in [5.74, 6) is -0.108. The van der Waals surface area contributed by atoms with Gasteiger partial charge in [0.2, 0.25) is 5.91 Å². The lowest BCUT2D eigenvalue weighted by atomic mass is 10.2. The van der Waals surface area contributed by atoms with Crippen LogP contribution in [0.25, 0.3) is 0 Å². The number of aromatic amines is 1. The van der Waals surface area contributed by atoms with E-state index in [0.717, 1.165) is 11.3 Å². The van der Waals surface area contributed by atoms with Crippen LogP contribution in [-0.4, -0.2) is 26.1 Å². The predicted octanol–water partition coefficient (Wildman–Crippen LogP) is 1.58. The molecule has 0 spiro atoms. The number of nitrogens with zero attached hydrogens (tertiary/aromatic N) is 2. The van der Waals surface area contributed by atoms with Gasteiger partial charge in [-0.05, 0) is 38.5 Å². The van der Waals surface area contributed by atoms with Crippen LogP contribution in [-0.2, 0) is 11.3 Å². The van der Waals surface area contributed by atoms with Crippen molar-refractivity contribution < 1.29 is 4.79 Å². The van der Waals surface area contributed by atoms with Crippen molar-refractivity contribution in [3.8, 4) is 0 Å². The highest BCUT2D eigenvalue weighted by Crippen LogP contribution is 2.18. The van der Waals surface area contributed by atoms with Crippen molar-refractivity contribution in [1.82, 2.24) is 20.3 Å². The minimum atomic E-state index is -0.354. The van der Waals surface area contributed by atoms with Gasteiger partial charge in [-0.1, -0.05) is 11.8 Å². The van der Waals surface area contributed by atoms with Crippen LogP contribution >= 0.6 is 11.8 Å². The van der Waals surface area contributed by atoms with Crippen molar-refractivity contribution in [2.45, 2.75) is 37.7 Å². The van der Waals surface area contributed by atoms with Gasteiger partial charge in [-0.2, -0.15) is 0 Å². The summed E-state index contributed by atoms with van der Waals surface area (Å²) in [6.45, 7) is 5.88. The maximum Gasteiger partial charge on any atom is 0.251 e. The summed E-state index contributed by atoms with van der Waals surface area (Å²) in [4.78, 5) is 34.4. The zero-order chi connectivity index (χ0) is 16.1. The highest BCUT2D eigenvalue weighted by Gasteiger charge is 2.15. The van der Waals surface area contributed by atoms with Crippen LogP contribution < -0.4 is 10.9 Å². The minimum Gasteiger partial charge on any atom is -0.351 e. The van der Waals surface area contributed by atoms with Gasteiger partial charge >= 0.3 is 0 Å².